The number of para-hydroxylation sites is 4. The summed E-state index contributed by atoms with van der Waals surface area (Å²) >= 11 is 0. The van der Waals surface area contributed by atoms with E-state index >= 15 is 0 Å². The molecule has 0 unspecified atom stereocenters. The Hall–Kier alpha value is -7.69. The second-order valence-corrected chi connectivity index (χ2v) is 16.0. The third kappa shape index (κ3) is 5.71. The lowest BCUT2D eigenvalue weighted by molar-refractivity contribution is 0.666. The smallest absolute Gasteiger partial charge is 0.145 e. The number of nitrogens with zero attached hydrogens (tertiary/aromatic N) is 4. The predicted molar refractivity (Wildman–Crippen MR) is 251 cm³/mol. The van der Waals surface area contributed by atoms with Crippen molar-refractivity contribution < 1.29 is 0 Å². The van der Waals surface area contributed by atoms with Crippen molar-refractivity contribution in [3.8, 4) is 28.2 Å². The number of hydrogen-bond donors (Lipinski definition) is 0. The van der Waals surface area contributed by atoms with Gasteiger partial charge in [-0.15, -0.1) is 0 Å². The minimum atomic E-state index is -0.282. The summed E-state index contributed by atoms with van der Waals surface area (Å²) in [4.78, 5) is 10.2. The molecule has 0 N–H and O–H groups in total. The Kier molecular flexibility index (Phi) is 8.45. The SMILES string of the molecule is CC1(C)c2ccccc2-c2c(N(c3ccccc3)c3cccc(N(c4ccccc4)c4ccccc4)c3)cc3c(ccc4nc(-c5ccccc5)n(-c5ccccc5)c43)c21. The monoisotopic (exact) mass is 770 g/mol. The van der Waals surface area contributed by atoms with Crippen LogP contribution in [0.4, 0.5) is 34.1 Å². The number of benzene rings is 9. The average molecular weight is 771 g/mol. The first-order chi connectivity index (χ1) is 29.6. The van der Waals surface area contributed by atoms with Crippen molar-refractivity contribution in [2.24, 2.45) is 0 Å². The summed E-state index contributed by atoms with van der Waals surface area (Å²) < 4.78 is 2.36. The quantitative estimate of drug-likeness (QED) is 0.154. The molecule has 0 aliphatic heterocycles. The molecule has 1 aliphatic rings. The number of rotatable bonds is 8. The fourth-order valence-electron chi connectivity index (χ4n) is 9.49. The van der Waals surface area contributed by atoms with Gasteiger partial charge >= 0.3 is 0 Å². The third-order valence-electron chi connectivity index (χ3n) is 12.1. The van der Waals surface area contributed by atoms with Gasteiger partial charge in [0.2, 0.25) is 0 Å². The first-order valence-electron chi connectivity index (χ1n) is 20.6. The molecule has 0 radical (unpaired) electrons. The summed E-state index contributed by atoms with van der Waals surface area (Å²) in [7, 11) is 0. The molecule has 0 fully saturated rings. The number of aromatic nitrogens is 2. The summed E-state index contributed by atoms with van der Waals surface area (Å²) in [5.74, 6) is 0.920. The van der Waals surface area contributed by atoms with Crippen molar-refractivity contribution in [2.75, 3.05) is 9.80 Å². The van der Waals surface area contributed by atoms with Gasteiger partial charge in [-0.2, -0.15) is 0 Å². The van der Waals surface area contributed by atoms with Gasteiger partial charge in [0.25, 0.3) is 0 Å². The summed E-state index contributed by atoms with van der Waals surface area (Å²) in [5.41, 5.74) is 15.6. The van der Waals surface area contributed by atoms with E-state index in [0.29, 0.717) is 0 Å². The molecular weight excluding hydrogens is 729 g/mol. The van der Waals surface area contributed by atoms with E-state index in [1.807, 2.05) is 0 Å². The van der Waals surface area contributed by atoms with Crippen molar-refractivity contribution in [3.63, 3.8) is 0 Å². The Labute approximate surface area is 350 Å². The van der Waals surface area contributed by atoms with Gasteiger partial charge in [-0.05, 0) is 101 Å². The van der Waals surface area contributed by atoms with Crippen LogP contribution in [-0.4, -0.2) is 9.55 Å². The lowest BCUT2D eigenvalue weighted by atomic mass is 9.80. The van der Waals surface area contributed by atoms with Crippen molar-refractivity contribution in [3.05, 3.63) is 230 Å². The van der Waals surface area contributed by atoms with Crippen LogP contribution in [0.15, 0.2) is 218 Å². The molecule has 0 atom stereocenters. The zero-order valence-corrected chi connectivity index (χ0v) is 33.6. The lowest BCUT2D eigenvalue weighted by Crippen LogP contribution is -2.17. The van der Waals surface area contributed by atoms with Gasteiger partial charge in [-0.25, -0.2) is 4.98 Å². The van der Waals surface area contributed by atoms with Crippen LogP contribution in [0.2, 0.25) is 0 Å². The van der Waals surface area contributed by atoms with E-state index in [2.05, 4.69) is 247 Å². The van der Waals surface area contributed by atoms with E-state index in [4.69, 9.17) is 4.98 Å². The molecule has 0 bridgehead atoms. The van der Waals surface area contributed by atoms with Crippen LogP contribution in [0.3, 0.4) is 0 Å². The summed E-state index contributed by atoms with van der Waals surface area (Å²) in [6.07, 6.45) is 0. The molecule has 4 heteroatoms. The first kappa shape index (κ1) is 35.5. The molecule has 60 heavy (non-hydrogen) atoms. The number of hydrogen-bond acceptors (Lipinski definition) is 3. The van der Waals surface area contributed by atoms with E-state index in [9.17, 15) is 0 Å². The van der Waals surface area contributed by atoms with Crippen LogP contribution < -0.4 is 9.80 Å². The van der Waals surface area contributed by atoms with Crippen molar-refractivity contribution in [1.82, 2.24) is 9.55 Å². The minimum Gasteiger partial charge on any atom is -0.310 e. The molecular formula is C56H42N4. The molecule has 0 saturated heterocycles. The largest absolute Gasteiger partial charge is 0.310 e. The van der Waals surface area contributed by atoms with Gasteiger partial charge in [-0.3, -0.25) is 4.57 Å². The highest BCUT2D eigenvalue weighted by molar-refractivity contribution is 6.14. The zero-order chi connectivity index (χ0) is 40.2. The van der Waals surface area contributed by atoms with E-state index < -0.39 is 0 Å². The van der Waals surface area contributed by atoms with Gasteiger partial charge < -0.3 is 9.80 Å². The fourth-order valence-corrected chi connectivity index (χ4v) is 9.49. The molecule has 4 nitrogen and oxygen atoms in total. The molecule has 9 aromatic carbocycles. The van der Waals surface area contributed by atoms with Crippen molar-refractivity contribution >= 4 is 55.9 Å². The van der Waals surface area contributed by atoms with Gasteiger partial charge in [0.1, 0.15) is 5.82 Å². The Bertz CT molecular complexity index is 3120. The maximum absolute atomic E-state index is 5.40. The van der Waals surface area contributed by atoms with Gasteiger partial charge in [0.05, 0.1) is 16.7 Å². The standard InChI is InChI=1S/C56H42N4/c1-56(2)49-34-19-18-33-47(49)52-51(38-48-46(53(52)56)35-36-50-54(48)60(43-29-16-7-17-30-43)55(57-50)39-21-8-3-9-22-39)59(42-27-14-6-15-28-42)45-32-20-31-44(37-45)58(40-23-10-4-11-24-40)41-25-12-5-13-26-41/h3-38H,1-2H3. The molecule has 1 heterocycles. The Morgan fingerprint density at radius 3 is 1.60 bits per heavy atom. The van der Waals surface area contributed by atoms with Crippen LogP contribution in [0.25, 0.3) is 50.0 Å². The summed E-state index contributed by atoms with van der Waals surface area (Å²) in [6.45, 7) is 4.78. The van der Waals surface area contributed by atoms with Gasteiger partial charge in [-0.1, -0.05) is 153 Å². The molecule has 1 aliphatic carbocycles. The normalized spacial score (nSPS) is 12.6. The predicted octanol–water partition coefficient (Wildman–Crippen LogP) is 15.1. The van der Waals surface area contributed by atoms with Crippen LogP contribution in [0, 0.1) is 0 Å². The lowest BCUT2D eigenvalue weighted by Gasteiger charge is -2.32. The van der Waals surface area contributed by atoms with E-state index in [1.165, 1.54) is 27.6 Å². The maximum atomic E-state index is 5.40. The second kappa shape index (κ2) is 14.3. The minimum absolute atomic E-state index is 0.282. The van der Waals surface area contributed by atoms with E-state index in [1.54, 1.807) is 0 Å². The Morgan fingerprint density at radius 1 is 0.450 bits per heavy atom. The Morgan fingerprint density at radius 2 is 0.967 bits per heavy atom. The first-order valence-corrected chi connectivity index (χ1v) is 20.6. The summed E-state index contributed by atoms with van der Waals surface area (Å²) in [6, 6.07) is 78.3. The number of anilines is 6. The zero-order valence-electron chi connectivity index (χ0n) is 33.6. The number of imidazole rings is 1. The van der Waals surface area contributed by atoms with Gasteiger partial charge in [0, 0.05) is 56.1 Å². The Balaban J connectivity index is 1.25. The molecule has 286 valence electrons. The average Bonchev–Trinajstić information content (AvgIpc) is 3.82. The highest BCUT2D eigenvalue weighted by atomic mass is 15.2. The van der Waals surface area contributed by atoms with Crippen molar-refractivity contribution in [1.29, 1.82) is 0 Å². The van der Waals surface area contributed by atoms with Crippen LogP contribution in [-0.2, 0) is 5.41 Å². The van der Waals surface area contributed by atoms with E-state index in [0.717, 1.165) is 67.6 Å². The van der Waals surface area contributed by atoms with Crippen LogP contribution in [0.5, 0.6) is 0 Å². The highest BCUT2D eigenvalue weighted by Gasteiger charge is 2.40. The van der Waals surface area contributed by atoms with Crippen LogP contribution >= 0.6 is 0 Å². The molecule has 0 amide bonds. The molecule has 11 rings (SSSR count). The topological polar surface area (TPSA) is 24.3 Å². The van der Waals surface area contributed by atoms with E-state index in [-0.39, 0.29) is 5.41 Å². The number of fused-ring (bicyclic) bond motifs is 7. The highest BCUT2D eigenvalue weighted by Crippen LogP contribution is 2.57. The molecule has 10 aromatic rings. The van der Waals surface area contributed by atoms with Gasteiger partial charge in [0.15, 0.2) is 0 Å². The van der Waals surface area contributed by atoms with Crippen molar-refractivity contribution in [2.45, 2.75) is 19.3 Å². The third-order valence-corrected chi connectivity index (χ3v) is 12.1. The second-order valence-electron chi connectivity index (χ2n) is 16.0. The fraction of sp³-hybridized carbons (Fsp3) is 0.0536. The maximum Gasteiger partial charge on any atom is 0.145 e. The van der Waals surface area contributed by atoms with Crippen LogP contribution in [0.1, 0.15) is 25.0 Å². The summed E-state index contributed by atoms with van der Waals surface area (Å²) in [5, 5.41) is 2.40. The molecule has 0 spiro atoms. The molecule has 1 aromatic heterocycles. The molecule has 0 saturated carbocycles.